The molecule has 2 aromatic carbocycles. The van der Waals surface area contributed by atoms with E-state index in [4.69, 9.17) is 46.4 Å². The number of carbonyl (C=O) groups excluding carboxylic acids is 1. The number of nitrogens with zero attached hydrogens (tertiary/aromatic N) is 1. The van der Waals surface area contributed by atoms with E-state index in [1.54, 1.807) is 19.1 Å². The van der Waals surface area contributed by atoms with Crippen LogP contribution in [0.1, 0.15) is 12.5 Å². The van der Waals surface area contributed by atoms with Gasteiger partial charge in [0, 0.05) is 5.02 Å². The SMILES string of the molecule is Cc1ccc(Cl)cc1N([C@@H](C)C(=O)Nc1cc(Cl)c(Cl)cc1Cl)S(C)(=O)=O. The van der Waals surface area contributed by atoms with Gasteiger partial charge in [-0.2, -0.15) is 0 Å². The quantitative estimate of drug-likeness (QED) is 0.596. The topological polar surface area (TPSA) is 66.5 Å². The van der Waals surface area contributed by atoms with Crippen molar-refractivity contribution in [1.29, 1.82) is 0 Å². The van der Waals surface area contributed by atoms with Crippen LogP contribution in [0.3, 0.4) is 0 Å². The van der Waals surface area contributed by atoms with Gasteiger partial charge in [0.2, 0.25) is 15.9 Å². The molecular formula is C17H16Cl4N2O3S. The summed E-state index contributed by atoms with van der Waals surface area (Å²) in [6, 6.07) is 6.52. The van der Waals surface area contributed by atoms with Gasteiger partial charge >= 0.3 is 0 Å². The predicted molar refractivity (Wildman–Crippen MR) is 113 cm³/mol. The fraction of sp³-hybridized carbons (Fsp3) is 0.235. The second-order valence-corrected chi connectivity index (χ2v) is 9.42. The Kier molecular flexibility index (Phi) is 6.92. The fourth-order valence-corrected chi connectivity index (χ4v) is 4.44. The van der Waals surface area contributed by atoms with Crippen molar-refractivity contribution in [2.24, 2.45) is 0 Å². The van der Waals surface area contributed by atoms with Crippen LogP contribution in [-0.4, -0.2) is 26.6 Å². The molecule has 0 spiro atoms. The molecule has 0 heterocycles. The Balaban J connectivity index is 2.42. The van der Waals surface area contributed by atoms with Crippen LogP contribution in [0.5, 0.6) is 0 Å². The van der Waals surface area contributed by atoms with Crippen LogP contribution in [0.25, 0.3) is 0 Å². The lowest BCUT2D eigenvalue weighted by Crippen LogP contribution is -2.45. The zero-order chi connectivity index (χ0) is 20.5. The fourth-order valence-electron chi connectivity index (χ4n) is 2.46. The number of hydrogen-bond acceptors (Lipinski definition) is 3. The number of carbonyl (C=O) groups is 1. The highest BCUT2D eigenvalue weighted by molar-refractivity contribution is 7.92. The molecule has 2 rings (SSSR count). The zero-order valence-electron chi connectivity index (χ0n) is 14.6. The first-order chi connectivity index (χ1) is 12.4. The van der Waals surface area contributed by atoms with E-state index in [-0.39, 0.29) is 20.8 Å². The van der Waals surface area contributed by atoms with Crippen molar-refractivity contribution in [3.63, 3.8) is 0 Å². The molecule has 0 saturated carbocycles. The van der Waals surface area contributed by atoms with Gasteiger partial charge in [0.05, 0.1) is 32.7 Å². The van der Waals surface area contributed by atoms with Crippen molar-refractivity contribution in [2.75, 3.05) is 15.9 Å². The van der Waals surface area contributed by atoms with E-state index in [1.807, 2.05) is 0 Å². The largest absolute Gasteiger partial charge is 0.323 e. The minimum atomic E-state index is -3.79. The molecule has 0 aliphatic rings. The van der Waals surface area contributed by atoms with E-state index < -0.39 is 22.0 Å². The molecule has 10 heteroatoms. The Morgan fingerprint density at radius 2 is 1.63 bits per heavy atom. The highest BCUT2D eigenvalue weighted by atomic mass is 35.5. The summed E-state index contributed by atoms with van der Waals surface area (Å²) in [6.07, 6.45) is 1.02. The molecular weight excluding hydrogens is 454 g/mol. The molecule has 1 atom stereocenters. The van der Waals surface area contributed by atoms with Crippen molar-refractivity contribution in [3.05, 3.63) is 56.0 Å². The van der Waals surface area contributed by atoms with Crippen molar-refractivity contribution in [3.8, 4) is 0 Å². The van der Waals surface area contributed by atoms with Crippen molar-refractivity contribution in [1.82, 2.24) is 0 Å². The normalized spacial score (nSPS) is 12.6. The number of amides is 1. The van der Waals surface area contributed by atoms with Gasteiger partial charge in [-0.25, -0.2) is 8.42 Å². The van der Waals surface area contributed by atoms with Crippen LogP contribution in [0, 0.1) is 6.92 Å². The number of sulfonamides is 1. The molecule has 5 nitrogen and oxygen atoms in total. The third kappa shape index (κ3) is 5.21. The molecule has 0 radical (unpaired) electrons. The van der Waals surface area contributed by atoms with Gasteiger partial charge in [-0.1, -0.05) is 52.5 Å². The number of nitrogens with one attached hydrogen (secondary N) is 1. The summed E-state index contributed by atoms with van der Waals surface area (Å²) in [5.41, 5.74) is 1.18. The molecule has 0 saturated heterocycles. The molecule has 0 aromatic heterocycles. The number of benzene rings is 2. The van der Waals surface area contributed by atoms with Gasteiger partial charge < -0.3 is 5.32 Å². The van der Waals surface area contributed by atoms with E-state index in [0.29, 0.717) is 16.3 Å². The molecule has 2 aromatic rings. The third-order valence-corrected chi connectivity index (χ3v) is 6.26. The van der Waals surface area contributed by atoms with E-state index in [1.165, 1.54) is 25.1 Å². The maximum Gasteiger partial charge on any atom is 0.248 e. The second-order valence-electron chi connectivity index (χ2n) is 5.90. The molecule has 0 aliphatic carbocycles. The van der Waals surface area contributed by atoms with Crippen LogP contribution in [-0.2, 0) is 14.8 Å². The average Bonchev–Trinajstić information content (AvgIpc) is 2.54. The molecule has 1 amide bonds. The Bertz CT molecular complexity index is 996. The lowest BCUT2D eigenvalue weighted by molar-refractivity contribution is -0.116. The van der Waals surface area contributed by atoms with Crippen molar-refractivity contribution >= 4 is 73.7 Å². The summed E-state index contributed by atoms with van der Waals surface area (Å²) in [5.74, 6) is -0.597. The zero-order valence-corrected chi connectivity index (χ0v) is 18.4. The smallest absolute Gasteiger partial charge is 0.248 e. The monoisotopic (exact) mass is 468 g/mol. The van der Waals surface area contributed by atoms with Crippen LogP contribution in [0.15, 0.2) is 30.3 Å². The number of anilines is 2. The summed E-state index contributed by atoms with van der Waals surface area (Å²) in [6.45, 7) is 3.19. The van der Waals surface area contributed by atoms with E-state index in [9.17, 15) is 13.2 Å². The van der Waals surface area contributed by atoms with E-state index in [2.05, 4.69) is 5.32 Å². The molecule has 146 valence electrons. The Labute approximate surface area is 178 Å². The molecule has 0 fully saturated rings. The summed E-state index contributed by atoms with van der Waals surface area (Å²) >= 11 is 23.9. The van der Waals surface area contributed by atoms with Crippen LogP contribution in [0.4, 0.5) is 11.4 Å². The van der Waals surface area contributed by atoms with Gasteiger partial charge in [0.1, 0.15) is 6.04 Å². The average molecular weight is 470 g/mol. The summed E-state index contributed by atoms with van der Waals surface area (Å²) in [5, 5.41) is 3.55. The second kappa shape index (κ2) is 8.45. The Hall–Kier alpha value is -1.18. The number of aryl methyl sites for hydroxylation is 1. The Morgan fingerprint density at radius 3 is 2.22 bits per heavy atom. The van der Waals surface area contributed by atoms with Gasteiger partial charge in [0.25, 0.3) is 0 Å². The molecule has 0 aliphatic heterocycles. The van der Waals surface area contributed by atoms with Crippen LogP contribution in [0.2, 0.25) is 20.1 Å². The summed E-state index contributed by atoms with van der Waals surface area (Å²) in [4.78, 5) is 12.7. The number of hydrogen-bond donors (Lipinski definition) is 1. The van der Waals surface area contributed by atoms with Gasteiger partial charge in [-0.05, 0) is 43.7 Å². The van der Waals surface area contributed by atoms with Crippen molar-refractivity contribution in [2.45, 2.75) is 19.9 Å². The highest BCUT2D eigenvalue weighted by Gasteiger charge is 2.30. The molecule has 27 heavy (non-hydrogen) atoms. The van der Waals surface area contributed by atoms with Gasteiger partial charge in [0.15, 0.2) is 0 Å². The number of rotatable bonds is 5. The lowest BCUT2D eigenvalue weighted by atomic mass is 10.1. The van der Waals surface area contributed by atoms with Gasteiger partial charge in [-0.3, -0.25) is 9.10 Å². The third-order valence-electron chi connectivity index (χ3n) is 3.76. The maximum atomic E-state index is 12.7. The standard InChI is InChI=1S/C17H16Cl4N2O3S/c1-9-4-5-11(18)6-16(9)23(27(3,25)26)10(2)17(24)22-15-8-13(20)12(19)7-14(15)21/h4-8,10H,1-3H3,(H,22,24)/t10-/m0/s1. The summed E-state index contributed by atoms with van der Waals surface area (Å²) in [7, 11) is -3.79. The number of halogens is 4. The minimum absolute atomic E-state index is 0.176. The maximum absolute atomic E-state index is 12.7. The van der Waals surface area contributed by atoms with Crippen molar-refractivity contribution < 1.29 is 13.2 Å². The van der Waals surface area contributed by atoms with E-state index in [0.717, 1.165) is 10.6 Å². The molecule has 0 bridgehead atoms. The van der Waals surface area contributed by atoms with Gasteiger partial charge in [-0.15, -0.1) is 0 Å². The first kappa shape index (κ1) is 22.1. The van der Waals surface area contributed by atoms with Crippen LogP contribution >= 0.6 is 46.4 Å². The lowest BCUT2D eigenvalue weighted by Gasteiger charge is -2.29. The van der Waals surface area contributed by atoms with E-state index >= 15 is 0 Å². The Morgan fingerprint density at radius 1 is 1.04 bits per heavy atom. The highest BCUT2D eigenvalue weighted by Crippen LogP contribution is 2.33. The molecule has 0 unspecified atom stereocenters. The van der Waals surface area contributed by atoms with Crippen LogP contribution < -0.4 is 9.62 Å². The summed E-state index contributed by atoms with van der Waals surface area (Å²) < 4.78 is 25.8. The predicted octanol–water partition coefficient (Wildman–Crippen LogP) is 5.40. The molecule has 1 N–H and O–H groups in total. The first-order valence-corrected chi connectivity index (χ1v) is 11.0. The first-order valence-electron chi connectivity index (χ1n) is 7.62. The minimum Gasteiger partial charge on any atom is -0.323 e.